The second-order valence-corrected chi connectivity index (χ2v) is 4.71. The van der Waals surface area contributed by atoms with E-state index in [1.807, 2.05) is 0 Å². The van der Waals surface area contributed by atoms with Crippen LogP contribution in [0.1, 0.15) is 24.0 Å². The highest BCUT2D eigenvalue weighted by atomic mass is 16.5. The number of hydrogen-bond acceptors (Lipinski definition) is 2. The molecule has 1 N–H and O–H groups in total. The molecule has 0 spiro atoms. The molecule has 16 heavy (non-hydrogen) atoms. The molecule has 1 heterocycles. The molecular weight excluding hydrogens is 200 g/mol. The lowest BCUT2D eigenvalue weighted by atomic mass is 9.90. The van der Waals surface area contributed by atoms with E-state index in [0.29, 0.717) is 5.92 Å². The summed E-state index contributed by atoms with van der Waals surface area (Å²) in [5.41, 5.74) is 2.49. The van der Waals surface area contributed by atoms with Crippen molar-refractivity contribution in [1.82, 2.24) is 0 Å². The predicted molar refractivity (Wildman–Crippen MR) is 64.4 cm³/mol. The van der Waals surface area contributed by atoms with Crippen molar-refractivity contribution in [2.24, 2.45) is 5.92 Å². The first-order valence-corrected chi connectivity index (χ1v) is 6.07. The van der Waals surface area contributed by atoms with Gasteiger partial charge >= 0.3 is 0 Å². The molecule has 1 fully saturated rings. The number of rotatable bonds is 3. The van der Waals surface area contributed by atoms with Gasteiger partial charge in [0.2, 0.25) is 0 Å². The number of aliphatic hydroxyl groups excluding tert-OH is 1. The van der Waals surface area contributed by atoms with Gasteiger partial charge in [-0.1, -0.05) is 29.8 Å². The van der Waals surface area contributed by atoms with E-state index in [9.17, 15) is 5.11 Å². The molecule has 0 radical (unpaired) electrons. The third kappa shape index (κ3) is 3.06. The highest BCUT2D eigenvalue weighted by molar-refractivity contribution is 5.21. The lowest BCUT2D eigenvalue weighted by Crippen LogP contribution is -2.28. The maximum atomic E-state index is 10.1. The summed E-state index contributed by atoms with van der Waals surface area (Å²) in [6.07, 6.45) is 2.54. The third-order valence-corrected chi connectivity index (χ3v) is 3.38. The normalized spacial score (nSPS) is 19.6. The summed E-state index contributed by atoms with van der Waals surface area (Å²) in [4.78, 5) is 0. The van der Waals surface area contributed by atoms with Gasteiger partial charge in [-0.05, 0) is 37.7 Å². The first-order chi connectivity index (χ1) is 7.75. The molecule has 2 nitrogen and oxygen atoms in total. The molecule has 0 aromatic heterocycles. The van der Waals surface area contributed by atoms with Crippen molar-refractivity contribution in [1.29, 1.82) is 0 Å². The Hall–Kier alpha value is -0.860. The fraction of sp³-hybridized carbons (Fsp3) is 0.571. The molecule has 1 aliphatic heterocycles. The summed E-state index contributed by atoms with van der Waals surface area (Å²) in [5.74, 6) is 0.412. The Morgan fingerprint density at radius 1 is 1.25 bits per heavy atom. The second kappa shape index (κ2) is 5.46. The van der Waals surface area contributed by atoms with Gasteiger partial charge in [0.25, 0.3) is 0 Å². The maximum Gasteiger partial charge on any atom is 0.0610 e. The smallest absolute Gasteiger partial charge is 0.0610 e. The average molecular weight is 220 g/mol. The Kier molecular flexibility index (Phi) is 3.97. The van der Waals surface area contributed by atoms with E-state index >= 15 is 0 Å². The molecule has 1 unspecified atom stereocenters. The largest absolute Gasteiger partial charge is 0.392 e. The molecule has 1 aromatic rings. The Bertz CT molecular complexity index is 312. The number of hydrogen-bond donors (Lipinski definition) is 1. The molecule has 1 saturated heterocycles. The first-order valence-electron chi connectivity index (χ1n) is 6.07. The summed E-state index contributed by atoms with van der Waals surface area (Å²) in [6, 6.07) is 8.42. The molecule has 1 atom stereocenters. The summed E-state index contributed by atoms with van der Waals surface area (Å²) in [7, 11) is 0. The zero-order chi connectivity index (χ0) is 11.4. The minimum absolute atomic E-state index is 0.216. The Balaban J connectivity index is 1.90. The van der Waals surface area contributed by atoms with E-state index in [1.54, 1.807) is 0 Å². The van der Waals surface area contributed by atoms with Crippen molar-refractivity contribution >= 4 is 0 Å². The van der Waals surface area contributed by atoms with Gasteiger partial charge < -0.3 is 9.84 Å². The van der Waals surface area contributed by atoms with E-state index in [0.717, 1.165) is 32.5 Å². The zero-order valence-electron chi connectivity index (χ0n) is 9.86. The summed E-state index contributed by atoms with van der Waals surface area (Å²) in [5, 5.41) is 10.1. The standard InChI is InChI=1S/C14H20O2/c1-11-2-4-12(5-3-11)10-14(15)13-6-8-16-9-7-13/h2-5,13-15H,6-10H2,1H3. The van der Waals surface area contributed by atoms with Gasteiger partial charge in [0.1, 0.15) is 0 Å². The summed E-state index contributed by atoms with van der Waals surface area (Å²) >= 11 is 0. The van der Waals surface area contributed by atoms with Gasteiger partial charge in [0, 0.05) is 13.2 Å². The Morgan fingerprint density at radius 3 is 2.50 bits per heavy atom. The van der Waals surface area contributed by atoms with Gasteiger partial charge in [0.05, 0.1) is 6.10 Å². The van der Waals surface area contributed by atoms with Gasteiger partial charge in [-0.2, -0.15) is 0 Å². The van der Waals surface area contributed by atoms with Crippen molar-refractivity contribution in [2.45, 2.75) is 32.3 Å². The number of benzene rings is 1. The van der Waals surface area contributed by atoms with E-state index in [-0.39, 0.29) is 6.10 Å². The van der Waals surface area contributed by atoms with Gasteiger partial charge in [-0.25, -0.2) is 0 Å². The minimum Gasteiger partial charge on any atom is -0.392 e. The minimum atomic E-state index is -0.216. The van der Waals surface area contributed by atoms with Crippen LogP contribution < -0.4 is 0 Å². The monoisotopic (exact) mass is 220 g/mol. The molecule has 0 saturated carbocycles. The van der Waals surface area contributed by atoms with E-state index in [2.05, 4.69) is 31.2 Å². The van der Waals surface area contributed by atoms with Crippen molar-refractivity contribution in [3.8, 4) is 0 Å². The molecular formula is C14H20O2. The molecule has 0 aliphatic carbocycles. The fourth-order valence-electron chi connectivity index (χ4n) is 2.23. The SMILES string of the molecule is Cc1ccc(CC(O)C2CCOCC2)cc1. The lowest BCUT2D eigenvalue weighted by molar-refractivity contribution is 0.00839. The van der Waals surface area contributed by atoms with Crippen LogP contribution in [0.3, 0.4) is 0 Å². The van der Waals surface area contributed by atoms with Crippen LogP contribution in [0, 0.1) is 12.8 Å². The fourth-order valence-corrected chi connectivity index (χ4v) is 2.23. The lowest BCUT2D eigenvalue weighted by Gasteiger charge is -2.26. The van der Waals surface area contributed by atoms with Crippen molar-refractivity contribution < 1.29 is 9.84 Å². The maximum absolute atomic E-state index is 10.1. The van der Waals surface area contributed by atoms with Crippen LogP contribution in [0.2, 0.25) is 0 Å². The van der Waals surface area contributed by atoms with Crippen LogP contribution >= 0.6 is 0 Å². The van der Waals surface area contributed by atoms with Crippen LogP contribution in [0.25, 0.3) is 0 Å². The molecule has 1 aromatic carbocycles. The molecule has 2 heteroatoms. The second-order valence-electron chi connectivity index (χ2n) is 4.71. The van der Waals surface area contributed by atoms with Crippen molar-refractivity contribution in [2.75, 3.05) is 13.2 Å². The van der Waals surface area contributed by atoms with Crippen molar-refractivity contribution in [3.63, 3.8) is 0 Å². The molecule has 0 amide bonds. The molecule has 1 aliphatic rings. The molecule has 2 rings (SSSR count). The van der Waals surface area contributed by atoms with Gasteiger partial charge in [0.15, 0.2) is 0 Å². The summed E-state index contributed by atoms with van der Waals surface area (Å²) in [6.45, 7) is 3.68. The van der Waals surface area contributed by atoms with Gasteiger partial charge in [-0.15, -0.1) is 0 Å². The first kappa shape index (κ1) is 11.6. The average Bonchev–Trinajstić information content (AvgIpc) is 2.33. The summed E-state index contributed by atoms with van der Waals surface area (Å²) < 4.78 is 5.30. The zero-order valence-corrected chi connectivity index (χ0v) is 9.86. The number of ether oxygens (including phenoxy) is 1. The van der Waals surface area contributed by atoms with Crippen LogP contribution in [-0.4, -0.2) is 24.4 Å². The van der Waals surface area contributed by atoms with Crippen LogP contribution in [0.4, 0.5) is 0 Å². The number of aryl methyl sites for hydroxylation is 1. The molecule has 88 valence electrons. The molecule has 0 bridgehead atoms. The highest BCUT2D eigenvalue weighted by Gasteiger charge is 2.21. The van der Waals surface area contributed by atoms with Crippen LogP contribution in [0.5, 0.6) is 0 Å². The quantitative estimate of drug-likeness (QED) is 0.847. The van der Waals surface area contributed by atoms with Crippen molar-refractivity contribution in [3.05, 3.63) is 35.4 Å². The highest BCUT2D eigenvalue weighted by Crippen LogP contribution is 2.21. The van der Waals surface area contributed by atoms with E-state index < -0.39 is 0 Å². The van der Waals surface area contributed by atoms with E-state index in [1.165, 1.54) is 11.1 Å². The topological polar surface area (TPSA) is 29.5 Å². The van der Waals surface area contributed by atoms with Crippen LogP contribution in [0.15, 0.2) is 24.3 Å². The third-order valence-electron chi connectivity index (χ3n) is 3.38. The van der Waals surface area contributed by atoms with Gasteiger partial charge in [-0.3, -0.25) is 0 Å². The van der Waals surface area contributed by atoms with E-state index in [4.69, 9.17) is 4.74 Å². The predicted octanol–water partition coefficient (Wildman–Crippen LogP) is 2.33. The Labute approximate surface area is 97.3 Å². The van der Waals surface area contributed by atoms with Crippen LogP contribution in [-0.2, 0) is 11.2 Å². The Morgan fingerprint density at radius 2 is 1.88 bits per heavy atom. The number of aliphatic hydroxyl groups is 1.